The highest BCUT2D eigenvalue weighted by molar-refractivity contribution is 6.04. The first-order valence-electron chi connectivity index (χ1n) is 6.59. The summed E-state index contributed by atoms with van der Waals surface area (Å²) in [6.45, 7) is 1.72. The summed E-state index contributed by atoms with van der Waals surface area (Å²) in [5.41, 5.74) is 1.50. The molecule has 1 aromatic heterocycles. The third kappa shape index (κ3) is 3.01. The van der Waals surface area contributed by atoms with Crippen molar-refractivity contribution in [2.75, 3.05) is 5.32 Å². The standard InChI is InChI=1S/C16H12FN3O2/c1-10-18-16(22-20-10)12-5-3-7-14(9-12)19-15(21)11-4-2-6-13(17)8-11/h2-9H,1H3,(H,19,21). The highest BCUT2D eigenvalue weighted by atomic mass is 19.1. The van der Waals surface area contributed by atoms with Crippen molar-refractivity contribution in [2.24, 2.45) is 0 Å². The van der Waals surface area contributed by atoms with E-state index < -0.39 is 11.7 Å². The number of hydrogen-bond acceptors (Lipinski definition) is 4. The maximum Gasteiger partial charge on any atom is 0.257 e. The molecule has 5 nitrogen and oxygen atoms in total. The van der Waals surface area contributed by atoms with Crippen molar-refractivity contribution in [3.63, 3.8) is 0 Å². The molecule has 1 amide bonds. The summed E-state index contributed by atoms with van der Waals surface area (Å²) in [6, 6.07) is 12.5. The number of rotatable bonds is 3. The SMILES string of the molecule is Cc1noc(-c2cccc(NC(=O)c3cccc(F)c3)c2)n1. The molecule has 0 aliphatic heterocycles. The van der Waals surface area contributed by atoms with Crippen LogP contribution in [0.3, 0.4) is 0 Å². The largest absolute Gasteiger partial charge is 0.334 e. The van der Waals surface area contributed by atoms with Gasteiger partial charge in [0.2, 0.25) is 0 Å². The monoisotopic (exact) mass is 297 g/mol. The van der Waals surface area contributed by atoms with E-state index in [4.69, 9.17) is 4.52 Å². The van der Waals surface area contributed by atoms with Gasteiger partial charge in [-0.2, -0.15) is 4.98 Å². The van der Waals surface area contributed by atoms with Crippen molar-refractivity contribution >= 4 is 11.6 Å². The Labute approximate surface area is 125 Å². The van der Waals surface area contributed by atoms with Gasteiger partial charge in [0.05, 0.1) is 0 Å². The summed E-state index contributed by atoms with van der Waals surface area (Å²) >= 11 is 0. The van der Waals surface area contributed by atoms with E-state index in [1.165, 1.54) is 18.2 Å². The van der Waals surface area contributed by atoms with E-state index in [0.29, 0.717) is 23.0 Å². The molecule has 2 aromatic carbocycles. The number of anilines is 1. The van der Waals surface area contributed by atoms with E-state index in [1.807, 2.05) is 0 Å². The van der Waals surface area contributed by atoms with E-state index in [1.54, 1.807) is 37.3 Å². The smallest absolute Gasteiger partial charge is 0.257 e. The molecule has 22 heavy (non-hydrogen) atoms. The third-order valence-electron chi connectivity index (χ3n) is 2.98. The van der Waals surface area contributed by atoms with E-state index in [0.717, 1.165) is 0 Å². The van der Waals surface area contributed by atoms with Crippen LogP contribution in [0.1, 0.15) is 16.2 Å². The Hall–Kier alpha value is -3.02. The normalized spacial score (nSPS) is 10.5. The van der Waals surface area contributed by atoms with Gasteiger partial charge in [-0.25, -0.2) is 4.39 Å². The van der Waals surface area contributed by atoms with Crippen molar-refractivity contribution in [2.45, 2.75) is 6.92 Å². The number of aryl methyl sites for hydroxylation is 1. The Kier molecular flexibility index (Phi) is 3.65. The molecule has 0 saturated carbocycles. The number of nitrogens with one attached hydrogen (secondary N) is 1. The van der Waals surface area contributed by atoms with E-state index >= 15 is 0 Å². The van der Waals surface area contributed by atoms with Crippen LogP contribution >= 0.6 is 0 Å². The minimum absolute atomic E-state index is 0.249. The minimum atomic E-state index is -0.456. The topological polar surface area (TPSA) is 68.0 Å². The van der Waals surface area contributed by atoms with E-state index in [2.05, 4.69) is 15.5 Å². The van der Waals surface area contributed by atoms with Crippen LogP contribution in [0.5, 0.6) is 0 Å². The summed E-state index contributed by atoms with van der Waals surface area (Å²) in [5, 5.41) is 6.43. The summed E-state index contributed by atoms with van der Waals surface area (Å²) in [7, 11) is 0. The predicted octanol–water partition coefficient (Wildman–Crippen LogP) is 3.44. The van der Waals surface area contributed by atoms with Gasteiger partial charge in [-0.1, -0.05) is 17.3 Å². The Bertz CT molecular complexity index is 830. The Morgan fingerprint density at radius 2 is 2.00 bits per heavy atom. The first-order chi connectivity index (χ1) is 10.6. The Morgan fingerprint density at radius 3 is 2.73 bits per heavy atom. The molecule has 3 rings (SSSR count). The van der Waals surface area contributed by atoms with Crippen LogP contribution in [0.4, 0.5) is 10.1 Å². The van der Waals surface area contributed by atoms with Crippen LogP contribution in [0.25, 0.3) is 11.5 Å². The Morgan fingerprint density at radius 1 is 1.18 bits per heavy atom. The molecule has 6 heteroatoms. The van der Waals surface area contributed by atoms with Crippen molar-refractivity contribution in [1.29, 1.82) is 0 Å². The molecule has 1 N–H and O–H groups in total. The minimum Gasteiger partial charge on any atom is -0.334 e. The van der Waals surface area contributed by atoms with Gasteiger partial charge in [0.1, 0.15) is 5.82 Å². The summed E-state index contributed by atoms with van der Waals surface area (Å²) in [5.74, 6) is 0.0599. The molecule has 0 spiro atoms. The lowest BCUT2D eigenvalue weighted by Crippen LogP contribution is -2.12. The fraction of sp³-hybridized carbons (Fsp3) is 0.0625. The zero-order valence-electron chi connectivity index (χ0n) is 11.7. The van der Waals surface area contributed by atoms with Gasteiger partial charge in [0, 0.05) is 16.8 Å². The number of benzene rings is 2. The molecule has 3 aromatic rings. The summed E-state index contributed by atoms with van der Waals surface area (Å²) < 4.78 is 18.2. The first-order valence-corrected chi connectivity index (χ1v) is 6.59. The molecular formula is C16H12FN3O2. The molecule has 0 radical (unpaired) electrons. The fourth-order valence-electron chi connectivity index (χ4n) is 1.98. The lowest BCUT2D eigenvalue weighted by atomic mass is 10.1. The maximum absolute atomic E-state index is 13.1. The molecule has 0 aliphatic carbocycles. The van der Waals surface area contributed by atoms with Crippen molar-refractivity contribution in [1.82, 2.24) is 10.1 Å². The molecule has 0 bridgehead atoms. The van der Waals surface area contributed by atoms with Crippen molar-refractivity contribution in [3.8, 4) is 11.5 Å². The molecule has 0 aliphatic rings. The lowest BCUT2D eigenvalue weighted by molar-refractivity contribution is 0.102. The van der Waals surface area contributed by atoms with E-state index in [-0.39, 0.29) is 5.56 Å². The number of amides is 1. The quantitative estimate of drug-likeness (QED) is 0.804. The van der Waals surface area contributed by atoms with Crippen LogP contribution in [0.2, 0.25) is 0 Å². The average Bonchev–Trinajstić information content (AvgIpc) is 2.94. The molecule has 0 unspecified atom stereocenters. The highest BCUT2D eigenvalue weighted by Crippen LogP contribution is 2.21. The molecule has 0 fully saturated rings. The average molecular weight is 297 g/mol. The molecule has 0 atom stereocenters. The number of halogens is 1. The summed E-state index contributed by atoms with van der Waals surface area (Å²) in [4.78, 5) is 16.2. The van der Waals surface area contributed by atoms with Gasteiger partial charge in [0.15, 0.2) is 5.82 Å². The second-order valence-corrected chi connectivity index (χ2v) is 4.69. The van der Waals surface area contributed by atoms with Crippen molar-refractivity contribution < 1.29 is 13.7 Å². The van der Waals surface area contributed by atoms with Crippen LogP contribution in [-0.2, 0) is 0 Å². The van der Waals surface area contributed by atoms with Gasteiger partial charge in [0.25, 0.3) is 11.8 Å². The fourth-order valence-corrected chi connectivity index (χ4v) is 1.98. The van der Waals surface area contributed by atoms with Crippen molar-refractivity contribution in [3.05, 3.63) is 65.7 Å². The number of hydrogen-bond donors (Lipinski definition) is 1. The highest BCUT2D eigenvalue weighted by Gasteiger charge is 2.10. The number of aromatic nitrogens is 2. The number of nitrogens with zero attached hydrogens (tertiary/aromatic N) is 2. The lowest BCUT2D eigenvalue weighted by Gasteiger charge is -2.06. The van der Waals surface area contributed by atoms with Gasteiger partial charge < -0.3 is 9.84 Å². The molecule has 110 valence electrons. The van der Waals surface area contributed by atoms with Gasteiger partial charge in [-0.05, 0) is 43.3 Å². The predicted molar refractivity (Wildman–Crippen MR) is 78.8 cm³/mol. The van der Waals surface area contributed by atoms with Crippen LogP contribution in [-0.4, -0.2) is 16.0 Å². The molecule has 1 heterocycles. The first kappa shape index (κ1) is 13.9. The Balaban J connectivity index is 1.82. The number of carbonyl (C=O) groups is 1. The van der Waals surface area contributed by atoms with Gasteiger partial charge >= 0.3 is 0 Å². The maximum atomic E-state index is 13.1. The zero-order valence-corrected chi connectivity index (χ0v) is 11.7. The third-order valence-corrected chi connectivity index (χ3v) is 2.98. The zero-order chi connectivity index (χ0) is 15.5. The molecule has 0 saturated heterocycles. The van der Waals surface area contributed by atoms with E-state index in [9.17, 15) is 9.18 Å². The van der Waals surface area contributed by atoms with Gasteiger partial charge in [-0.3, -0.25) is 4.79 Å². The van der Waals surface area contributed by atoms with Crippen LogP contribution in [0.15, 0.2) is 53.1 Å². The molecular weight excluding hydrogens is 285 g/mol. The van der Waals surface area contributed by atoms with Crippen LogP contribution < -0.4 is 5.32 Å². The van der Waals surface area contributed by atoms with Gasteiger partial charge in [-0.15, -0.1) is 0 Å². The number of carbonyl (C=O) groups excluding carboxylic acids is 1. The van der Waals surface area contributed by atoms with Crippen LogP contribution in [0, 0.1) is 12.7 Å². The summed E-state index contributed by atoms with van der Waals surface area (Å²) in [6.07, 6.45) is 0. The second-order valence-electron chi connectivity index (χ2n) is 4.69. The second kappa shape index (κ2) is 5.77.